The Kier molecular flexibility index (Phi) is 6.70. The number of thiazole rings is 1. The largest absolute Gasteiger partial charge is 0.394 e. The number of aromatic nitrogens is 1. The number of aliphatic hydroxyl groups excluding tert-OH is 1. The number of benzene rings is 2. The topological polar surface area (TPSA) is 101 Å². The second kappa shape index (κ2) is 9.41. The summed E-state index contributed by atoms with van der Waals surface area (Å²) in [5.41, 5.74) is 3.63. The third kappa shape index (κ3) is 5.13. The Labute approximate surface area is 166 Å². The fourth-order valence-electron chi connectivity index (χ4n) is 2.52. The van der Waals surface area contributed by atoms with Gasteiger partial charge < -0.3 is 20.5 Å². The van der Waals surface area contributed by atoms with E-state index in [1.807, 2.05) is 24.3 Å². The molecular weight excluding hydrogens is 378 g/mol. The molecule has 3 N–H and O–H groups in total. The molecule has 0 aliphatic carbocycles. The summed E-state index contributed by atoms with van der Waals surface area (Å²) in [7, 11) is 0. The molecule has 0 aliphatic heterocycles. The van der Waals surface area contributed by atoms with Crippen LogP contribution in [0.5, 0.6) is 0 Å². The first-order chi connectivity index (χ1) is 13.6. The highest BCUT2D eigenvalue weighted by Crippen LogP contribution is 2.31. The van der Waals surface area contributed by atoms with E-state index < -0.39 is 11.8 Å². The maximum Gasteiger partial charge on any atom is 0.313 e. The summed E-state index contributed by atoms with van der Waals surface area (Å²) >= 11 is 1.61. The Morgan fingerprint density at radius 3 is 2.64 bits per heavy atom. The van der Waals surface area contributed by atoms with Crippen LogP contribution in [0.15, 0.2) is 42.5 Å². The van der Waals surface area contributed by atoms with Gasteiger partial charge in [0.05, 0.1) is 30.0 Å². The number of hydrogen-bond donors (Lipinski definition) is 3. The van der Waals surface area contributed by atoms with Gasteiger partial charge in [0.15, 0.2) is 0 Å². The van der Waals surface area contributed by atoms with Gasteiger partial charge in [-0.15, -0.1) is 11.3 Å². The summed E-state index contributed by atoms with van der Waals surface area (Å²) in [5.74, 6) is -1.48. The lowest BCUT2D eigenvalue weighted by atomic mass is 10.2. The van der Waals surface area contributed by atoms with E-state index in [9.17, 15) is 9.59 Å². The van der Waals surface area contributed by atoms with Crippen molar-refractivity contribution < 1.29 is 19.4 Å². The minimum atomic E-state index is -0.745. The third-order valence-corrected chi connectivity index (χ3v) is 4.97. The van der Waals surface area contributed by atoms with Crippen LogP contribution in [-0.2, 0) is 14.3 Å². The van der Waals surface area contributed by atoms with E-state index in [1.54, 1.807) is 23.5 Å². The van der Waals surface area contributed by atoms with Gasteiger partial charge in [-0.1, -0.05) is 6.07 Å². The molecule has 1 heterocycles. The van der Waals surface area contributed by atoms with Gasteiger partial charge in [-0.25, -0.2) is 4.98 Å². The van der Waals surface area contributed by atoms with Crippen LogP contribution >= 0.6 is 11.3 Å². The number of nitrogens with one attached hydrogen (secondary N) is 2. The van der Waals surface area contributed by atoms with Crippen LogP contribution in [0.3, 0.4) is 0 Å². The van der Waals surface area contributed by atoms with E-state index >= 15 is 0 Å². The zero-order valence-electron chi connectivity index (χ0n) is 15.4. The number of ether oxygens (including phenoxy) is 1. The fraction of sp³-hybridized carbons (Fsp3) is 0.250. The molecule has 0 unspecified atom stereocenters. The zero-order valence-corrected chi connectivity index (χ0v) is 16.2. The van der Waals surface area contributed by atoms with Crippen molar-refractivity contribution >= 4 is 39.1 Å². The van der Waals surface area contributed by atoms with E-state index in [-0.39, 0.29) is 26.4 Å². The molecule has 0 atom stereocenters. The van der Waals surface area contributed by atoms with Crippen LogP contribution in [0.2, 0.25) is 0 Å². The predicted octanol–water partition coefficient (Wildman–Crippen LogP) is 2.34. The quantitative estimate of drug-likeness (QED) is 0.418. The normalized spacial score (nSPS) is 10.8. The molecule has 2 aromatic carbocycles. The maximum atomic E-state index is 11.9. The molecule has 1 aromatic heterocycles. The molecule has 0 saturated carbocycles. The highest BCUT2D eigenvalue weighted by Gasteiger charge is 2.13. The van der Waals surface area contributed by atoms with Gasteiger partial charge in [0.2, 0.25) is 0 Å². The van der Waals surface area contributed by atoms with E-state index in [2.05, 4.69) is 28.6 Å². The van der Waals surface area contributed by atoms with Crippen molar-refractivity contribution in [3.8, 4) is 10.6 Å². The van der Waals surface area contributed by atoms with Gasteiger partial charge in [-0.3, -0.25) is 9.59 Å². The van der Waals surface area contributed by atoms with Crippen LogP contribution in [0.4, 0.5) is 5.69 Å². The average Bonchev–Trinajstić information content (AvgIpc) is 3.11. The molecule has 3 rings (SSSR count). The Morgan fingerprint density at radius 1 is 1.11 bits per heavy atom. The molecule has 3 aromatic rings. The highest BCUT2D eigenvalue weighted by molar-refractivity contribution is 7.21. The molecule has 0 saturated heterocycles. The first kappa shape index (κ1) is 19.9. The van der Waals surface area contributed by atoms with E-state index in [4.69, 9.17) is 9.84 Å². The lowest BCUT2D eigenvalue weighted by molar-refractivity contribution is -0.136. The average molecular weight is 399 g/mol. The first-order valence-corrected chi connectivity index (χ1v) is 9.64. The van der Waals surface area contributed by atoms with Crippen LogP contribution in [0.25, 0.3) is 20.8 Å². The molecule has 0 radical (unpaired) electrons. The molecule has 146 valence electrons. The fourth-order valence-corrected chi connectivity index (χ4v) is 3.59. The molecular formula is C20H21N3O4S. The minimum absolute atomic E-state index is 0.0823. The molecule has 8 heteroatoms. The Balaban J connectivity index is 1.57. The molecule has 2 amide bonds. The van der Waals surface area contributed by atoms with Crippen LogP contribution < -0.4 is 10.6 Å². The number of aryl methyl sites for hydroxylation is 1. The number of fused-ring (bicyclic) bond motifs is 1. The van der Waals surface area contributed by atoms with Gasteiger partial charge in [-0.2, -0.15) is 0 Å². The van der Waals surface area contributed by atoms with E-state index in [0.717, 1.165) is 20.8 Å². The summed E-state index contributed by atoms with van der Waals surface area (Å²) in [6.45, 7) is 2.59. The standard InChI is InChI=1S/C20H21N3O4S/c1-13-2-7-16-17(12-13)28-20(23-16)14-3-5-15(6-4-14)22-19(26)18(25)21-8-10-27-11-9-24/h2-7,12,24H,8-11H2,1H3,(H,21,25)(H,22,26). The number of hydrogen-bond acceptors (Lipinski definition) is 6. The summed E-state index contributed by atoms with van der Waals surface area (Å²) in [5, 5.41) is 14.5. The molecule has 0 spiro atoms. The van der Waals surface area contributed by atoms with Crippen LogP contribution in [0, 0.1) is 6.92 Å². The Hall–Kier alpha value is -2.81. The number of rotatable bonds is 7. The number of carbonyl (C=O) groups excluding carboxylic acids is 2. The Bertz CT molecular complexity index is 969. The summed E-state index contributed by atoms with van der Waals surface area (Å²) in [4.78, 5) is 28.3. The SMILES string of the molecule is Cc1ccc2nc(-c3ccc(NC(=O)C(=O)NCCOCCO)cc3)sc2c1. The number of anilines is 1. The smallest absolute Gasteiger partial charge is 0.313 e. The van der Waals surface area contributed by atoms with Gasteiger partial charge >= 0.3 is 11.8 Å². The molecule has 0 bridgehead atoms. The second-order valence-electron chi connectivity index (χ2n) is 6.11. The van der Waals surface area contributed by atoms with Crippen LogP contribution in [0.1, 0.15) is 5.56 Å². The summed E-state index contributed by atoms with van der Waals surface area (Å²) in [6, 6.07) is 13.4. The highest BCUT2D eigenvalue weighted by atomic mass is 32.1. The number of aliphatic hydroxyl groups is 1. The molecule has 7 nitrogen and oxygen atoms in total. The summed E-state index contributed by atoms with van der Waals surface area (Å²) in [6.07, 6.45) is 0. The molecule has 0 aliphatic rings. The van der Waals surface area contributed by atoms with Crippen molar-refractivity contribution in [1.29, 1.82) is 0 Å². The van der Waals surface area contributed by atoms with Gasteiger partial charge in [-0.05, 0) is 48.9 Å². The third-order valence-electron chi connectivity index (χ3n) is 3.91. The lowest BCUT2D eigenvalue weighted by Gasteiger charge is -2.07. The van der Waals surface area contributed by atoms with Gasteiger partial charge in [0, 0.05) is 17.8 Å². The number of amides is 2. The van der Waals surface area contributed by atoms with Crippen molar-refractivity contribution in [3.05, 3.63) is 48.0 Å². The molecule has 0 fully saturated rings. The first-order valence-electron chi connectivity index (χ1n) is 8.82. The van der Waals surface area contributed by atoms with E-state index in [1.165, 1.54) is 5.56 Å². The van der Waals surface area contributed by atoms with Crippen molar-refractivity contribution in [2.75, 3.05) is 31.7 Å². The van der Waals surface area contributed by atoms with E-state index in [0.29, 0.717) is 5.69 Å². The maximum absolute atomic E-state index is 11.9. The predicted molar refractivity (Wildman–Crippen MR) is 109 cm³/mol. The Morgan fingerprint density at radius 2 is 1.89 bits per heavy atom. The van der Waals surface area contributed by atoms with Crippen molar-refractivity contribution in [2.24, 2.45) is 0 Å². The van der Waals surface area contributed by atoms with Crippen molar-refractivity contribution in [1.82, 2.24) is 10.3 Å². The minimum Gasteiger partial charge on any atom is -0.394 e. The number of carbonyl (C=O) groups is 2. The van der Waals surface area contributed by atoms with Crippen LogP contribution in [-0.4, -0.2) is 48.3 Å². The molecule has 28 heavy (non-hydrogen) atoms. The zero-order chi connectivity index (χ0) is 19.9. The van der Waals surface area contributed by atoms with Gasteiger partial charge in [0.1, 0.15) is 5.01 Å². The van der Waals surface area contributed by atoms with Crippen molar-refractivity contribution in [2.45, 2.75) is 6.92 Å². The second-order valence-corrected chi connectivity index (χ2v) is 7.14. The monoisotopic (exact) mass is 399 g/mol. The number of nitrogens with zero attached hydrogens (tertiary/aromatic N) is 1. The van der Waals surface area contributed by atoms with Crippen molar-refractivity contribution in [3.63, 3.8) is 0 Å². The lowest BCUT2D eigenvalue weighted by Crippen LogP contribution is -2.37. The summed E-state index contributed by atoms with van der Waals surface area (Å²) < 4.78 is 6.14. The van der Waals surface area contributed by atoms with Gasteiger partial charge in [0.25, 0.3) is 0 Å².